The second kappa shape index (κ2) is 6.61. The Kier molecular flexibility index (Phi) is 5.21. The number of β-amino-alcohol motifs (C(OH)–C–C–N with tert-alkyl or cyclic N) is 1. The van der Waals surface area contributed by atoms with E-state index in [4.69, 9.17) is 0 Å². The van der Waals surface area contributed by atoms with Crippen LogP contribution in [0.5, 0.6) is 0 Å². The number of rotatable bonds is 5. The molecule has 0 unspecified atom stereocenters. The lowest BCUT2D eigenvalue weighted by molar-refractivity contribution is -0.129. The zero-order chi connectivity index (χ0) is 16.5. The minimum atomic E-state index is -3.39. The molecule has 1 fully saturated rings. The summed E-state index contributed by atoms with van der Waals surface area (Å²) >= 11 is 1.49. The maximum Gasteiger partial charge on any atom is 0.228 e. The lowest BCUT2D eigenvalue weighted by Crippen LogP contribution is -2.34. The predicted octanol–water partition coefficient (Wildman–Crippen LogP) is -0.295. The number of aliphatic hydroxyl groups is 1. The van der Waals surface area contributed by atoms with Gasteiger partial charge in [0.1, 0.15) is 0 Å². The Labute approximate surface area is 134 Å². The van der Waals surface area contributed by atoms with E-state index in [1.807, 2.05) is 12.3 Å². The second-order valence-electron chi connectivity index (χ2n) is 5.72. The number of amides is 1. The second-order valence-corrected chi connectivity index (χ2v) is 9.01. The molecule has 1 amide bonds. The zero-order valence-corrected chi connectivity index (χ0v) is 14.5. The van der Waals surface area contributed by atoms with Gasteiger partial charge in [0.05, 0.1) is 29.0 Å². The Morgan fingerprint density at radius 1 is 1.50 bits per heavy atom. The van der Waals surface area contributed by atoms with E-state index in [-0.39, 0.29) is 31.2 Å². The van der Waals surface area contributed by atoms with Crippen LogP contribution >= 0.6 is 11.3 Å². The number of thiazole rings is 1. The molecule has 2 atom stereocenters. The van der Waals surface area contributed by atoms with Gasteiger partial charge in [0.15, 0.2) is 0 Å². The fourth-order valence-corrected chi connectivity index (χ4v) is 4.18. The third-order valence-electron chi connectivity index (χ3n) is 3.74. The van der Waals surface area contributed by atoms with E-state index in [2.05, 4.69) is 4.98 Å². The quantitative estimate of drug-likeness (QED) is 0.790. The summed E-state index contributed by atoms with van der Waals surface area (Å²) in [7, 11) is -0.470. The molecule has 1 N–H and O–H groups in total. The standard InChI is InChI=1S/C13H21N3O4S2/c1-9-14-11(7-21-9)4-13(18)16-5-10(12(17)6-16)8-22(19,20)15(2)3/h7,10,12,17H,4-6,8H2,1-3H3/t10-,12-/m0/s1. The fraction of sp³-hybridized carbons (Fsp3) is 0.692. The van der Waals surface area contributed by atoms with Crippen molar-refractivity contribution in [1.82, 2.24) is 14.2 Å². The maximum atomic E-state index is 12.2. The Morgan fingerprint density at radius 3 is 2.73 bits per heavy atom. The molecule has 1 saturated heterocycles. The van der Waals surface area contributed by atoms with Crippen LogP contribution in [0.1, 0.15) is 10.7 Å². The first-order valence-corrected chi connectivity index (χ1v) is 9.45. The summed E-state index contributed by atoms with van der Waals surface area (Å²) in [5, 5.41) is 12.8. The average Bonchev–Trinajstić information content (AvgIpc) is 2.96. The molecule has 7 nitrogen and oxygen atoms in total. The maximum absolute atomic E-state index is 12.2. The molecule has 9 heteroatoms. The number of hydrogen-bond acceptors (Lipinski definition) is 6. The topological polar surface area (TPSA) is 90.8 Å². The van der Waals surface area contributed by atoms with Gasteiger partial charge in [0.2, 0.25) is 15.9 Å². The van der Waals surface area contributed by atoms with Crippen LogP contribution in [-0.2, 0) is 21.2 Å². The summed E-state index contributed by atoms with van der Waals surface area (Å²) in [6.07, 6.45) is -0.625. The molecule has 0 aromatic carbocycles. The minimum Gasteiger partial charge on any atom is -0.391 e. The largest absolute Gasteiger partial charge is 0.391 e. The molecule has 1 aliphatic rings. The molecule has 0 spiro atoms. The third-order valence-corrected chi connectivity index (χ3v) is 6.52. The van der Waals surface area contributed by atoms with Crippen molar-refractivity contribution < 1.29 is 18.3 Å². The predicted molar refractivity (Wildman–Crippen MR) is 84.1 cm³/mol. The van der Waals surface area contributed by atoms with Crippen molar-refractivity contribution in [2.24, 2.45) is 5.92 Å². The summed E-state index contributed by atoms with van der Waals surface area (Å²) in [4.78, 5) is 18.0. The highest BCUT2D eigenvalue weighted by Gasteiger charge is 2.37. The monoisotopic (exact) mass is 347 g/mol. The molecule has 22 heavy (non-hydrogen) atoms. The van der Waals surface area contributed by atoms with Gasteiger partial charge in [-0.25, -0.2) is 17.7 Å². The van der Waals surface area contributed by atoms with E-state index >= 15 is 0 Å². The molecular weight excluding hydrogens is 326 g/mol. The van der Waals surface area contributed by atoms with Gasteiger partial charge in [-0.2, -0.15) is 0 Å². The molecule has 2 rings (SSSR count). The SMILES string of the molecule is Cc1nc(CC(=O)N2C[C@@H](CS(=O)(=O)N(C)C)[C@@H](O)C2)cs1. The summed E-state index contributed by atoms with van der Waals surface area (Å²) < 4.78 is 25.0. The van der Waals surface area contributed by atoms with Gasteiger partial charge in [-0.1, -0.05) is 0 Å². The first-order valence-electron chi connectivity index (χ1n) is 6.96. The van der Waals surface area contributed by atoms with Crippen LogP contribution in [0.3, 0.4) is 0 Å². The number of aromatic nitrogens is 1. The van der Waals surface area contributed by atoms with Crippen molar-refractivity contribution in [2.75, 3.05) is 32.9 Å². The van der Waals surface area contributed by atoms with Gasteiger partial charge in [0.25, 0.3) is 0 Å². The Morgan fingerprint density at radius 2 is 2.18 bits per heavy atom. The number of aryl methyl sites for hydroxylation is 1. The highest BCUT2D eigenvalue weighted by Crippen LogP contribution is 2.21. The van der Waals surface area contributed by atoms with Crippen LogP contribution in [0.15, 0.2) is 5.38 Å². The van der Waals surface area contributed by atoms with Crippen LogP contribution < -0.4 is 0 Å². The smallest absolute Gasteiger partial charge is 0.228 e. The van der Waals surface area contributed by atoms with Crippen molar-refractivity contribution in [2.45, 2.75) is 19.4 Å². The summed E-state index contributed by atoms with van der Waals surface area (Å²) in [6, 6.07) is 0. The number of hydrogen-bond donors (Lipinski definition) is 1. The molecule has 0 saturated carbocycles. The summed E-state index contributed by atoms with van der Waals surface area (Å²) in [5.74, 6) is -0.733. The Balaban J connectivity index is 1.96. The lowest BCUT2D eigenvalue weighted by Gasteiger charge is -2.17. The summed E-state index contributed by atoms with van der Waals surface area (Å²) in [6.45, 7) is 2.31. The van der Waals surface area contributed by atoms with E-state index in [1.165, 1.54) is 30.3 Å². The van der Waals surface area contributed by atoms with E-state index in [0.717, 1.165) is 9.31 Å². The molecule has 0 aliphatic carbocycles. The molecule has 0 radical (unpaired) electrons. The number of sulfonamides is 1. The number of nitrogens with zero attached hydrogens (tertiary/aromatic N) is 3. The number of aliphatic hydroxyl groups excluding tert-OH is 1. The number of carbonyl (C=O) groups excluding carboxylic acids is 1. The first-order chi connectivity index (χ1) is 10.2. The Bertz CT molecular complexity index is 641. The lowest BCUT2D eigenvalue weighted by atomic mass is 10.1. The molecule has 1 aromatic heterocycles. The van der Waals surface area contributed by atoms with Crippen molar-refractivity contribution in [3.8, 4) is 0 Å². The Hall–Kier alpha value is -1.03. The molecular formula is C13H21N3O4S2. The van der Waals surface area contributed by atoms with Crippen LogP contribution in [0.2, 0.25) is 0 Å². The summed E-state index contributed by atoms with van der Waals surface area (Å²) in [5.41, 5.74) is 0.714. The molecule has 1 aliphatic heterocycles. The van der Waals surface area contributed by atoms with Crippen LogP contribution in [-0.4, -0.2) is 72.7 Å². The first kappa shape index (κ1) is 17.3. The van der Waals surface area contributed by atoms with Gasteiger partial charge in [-0.15, -0.1) is 11.3 Å². The van der Waals surface area contributed by atoms with Gasteiger partial charge >= 0.3 is 0 Å². The van der Waals surface area contributed by atoms with Crippen molar-refractivity contribution in [3.63, 3.8) is 0 Å². The van der Waals surface area contributed by atoms with E-state index < -0.39 is 22.0 Å². The van der Waals surface area contributed by atoms with Crippen molar-refractivity contribution in [3.05, 3.63) is 16.1 Å². The normalized spacial score (nSPS) is 22.5. The van der Waals surface area contributed by atoms with Gasteiger partial charge < -0.3 is 10.0 Å². The van der Waals surface area contributed by atoms with E-state index in [9.17, 15) is 18.3 Å². The van der Waals surface area contributed by atoms with E-state index in [1.54, 1.807) is 0 Å². The van der Waals surface area contributed by atoms with Crippen molar-refractivity contribution in [1.29, 1.82) is 0 Å². The van der Waals surface area contributed by atoms with E-state index in [0.29, 0.717) is 5.69 Å². The van der Waals surface area contributed by atoms with Crippen molar-refractivity contribution >= 4 is 27.3 Å². The third kappa shape index (κ3) is 4.03. The highest BCUT2D eigenvalue weighted by atomic mass is 32.2. The molecule has 0 bridgehead atoms. The van der Waals surface area contributed by atoms with Crippen LogP contribution in [0.4, 0.5) is 0 Å². The number of carbonyl (C=O) groups is 1. The van der Waals surface area contributed by atoms with Gasteiger partial charge in [-0.3, -0.25) is 4.79 Å². The van der Waals surface area contributed by atoms with Crippen LogP contribution in [0, 0.1) is 12.8 Å². The average molecular weight is 347 g/mol. The van der Waals surface area contributed by atoms with Gasteiger partial charge in [-0.05, 0) is 6.92 Å². The van der Waals surface area contributed by atoms with Gasteiger partial charge in [0, 0.05) is 38.5 Å². The fourth-order valence-electron chi connectivity index (χ4n) is 2.40. The van der Waals surface area contributed by atoms with Crippen LogP contribution in [0.25, 0.3) is 0 Å². The molecule has 1 aromatic rings. The minimum absolute atomic E-state index is 0.130. The highest BCUT2D eigenvalue weighted by molar-refractivity contribution is 7.89. The zero-order valence-electron chi connectivity index (χ0n) is 12.9. The molecule has 2 heterocycles. The molecule has 124 valence electrons. The number of likely N-dealkylation sites (tertiary alicyclic amines) is 1.